The summed E-state index contributed by atoms with van der Waals surface area (Å²) in [6.07, 6.45) is 8.17. The van der Waals surface area contributed by atoms with Gasteiger partial charge in [-0.25, -0.2) is 4.79 Å². The van der Waals surface area contributed by atoms with Gasteiger partial charge >= 0.3 is 6.03 Å². The van der Waals surface area contributed by atoms with Gasteiger partial charge in [-0.2, -0.15) is 0 Å². The number of likely N-dealkylation sites (tertiary alicyclic amines) is 1. The lowest BCUT2D eigenvalue weighted by Gasteiger charge is -2.32. The van der Waals surface area contributed by atoms with Crippen molar-refractivity contribution in [2.24, 2.45) is 0 Å². The standard InChI is InChI=1S/C20H31N3O2/c1-2-3-4-5-9-12-19(24)23-15-13-18(14-16-23)22-20(25)21-17-10-7-6-8-11-17/h6-8,10-11,18H,2-5,9,12-16H2,1H3,(H2,21,22,25). The molecule has 0 unspecified atom stereocenters. The molecule has 1 saturated heterocycles. The highest BCUT2D eigenvalue weighted by molar-refractivity contribution is 5.89. The van der Waals surface area contributed by atoms with Crippen molar-refractivity contribution in [3.63, 3.8) is 0 Å². The molecule has 1 aromatic carbocycles. The summed E-state index contributed by atoms with van der Waals surface area (Å²) in [7, 11) is 0. The van der Waals surface area contributed by atoms with Crippen LogP contribution in [-0.4, -0.2) is 36.0 Å². The first kappa shape index (κ1) is 19.3. The van der Waals surface area contributed by atoms with E-state index < -0.39 is 0 Å². The van der Waals surface area contributed by atoms with Crippen molar-refractivity contribution in [3.05, 3.63) is 30.3 Å². The average molecular weight is 345 g/mol. The number of carbonyl (C=O) groups excluding carboxylic acids is 2. The maximum absolute atomic E-state index is 12.2. The summed E-state index contributed by atoms with van der Waals surface area (Å²) in [5.41, 5.74) is 0.788. The van der Waals surface area contributed by atoms with E-state index in [-0.39, 0.29) is 18.0 Å². The van der Waals surface area contributed by atoms with Gasteiger partial charge < -0.3 is 15.5 Å². The number of hydrogen-bond donors (Lipinski definition) is 2. The van der Waals surface area contributed by atoms with E-state index in [2.05, 4.69) is 17.6 Å². The number of unbranched alkanes of at least 4 members (excludes halogenated alkanes) is 4. The lowest BCUT2D eigenvalue weighted by atomic mass is 10.0. The molecule has 0 bridgehead atoms. The molecule has 3 amide bonds. The second-order valence-corrected chi connectivity index (χ2v) is 6.78. The highest BCUT2D eigenvalue weighted by Crippen LogP contribution is 2.14. The maximum Gasteiger partial charge on any atom is 0.319 e. The summed E-state index contributed by atoms with van der Waals surface area (Å²) in [5, 5.41) is 5.84. The van der Waals surface area contributed by atoms with E-state index >= 15 is 0 Å². The van der Waals surface area contributed by atoms with Gasteiger partial charge in [-0.3, -0.25) is 4.79 Å². The molecule has 0 aliphatic carbocycles. The van der Waals surface area contributed by atoms with Gasteiger partial charge in [0.05, 0.1) is 0 Å². The fourth-order valence-electron chi connectivity index (χ4n) is 3.19. The summed E-state index contributed by atoms with van der Waals surface area (Å²) >= 11 is 0. The van der Waals surface area contributed by atoms with Gasteiger partial charge in [-0.15, -0.1) is 0 Å². The number of nitrogens with one attached hydrogen (secondary N) is 2. The zero-order valence-electron chi connectivity index (χ0n) is 15.3. The fraction of sp³-hybridized carbons (Fsp3) is 0.600. The predicted molar refractivity (Wildman–Crippen MR) is 102 cm³/mol. The third kappa shape index (κ3) is 7.16. The normalized spacial score (nSPS) is 15.0. The number of amides is 3. The minimum absolute atomic E-state index is 0.136. The summed E-state index contributed by atoms with van der Waals surface area (Å²) in [6.45, 7) is 3.68. The molecule has 1 aliphatic heterocycles. The number of anilines is 1. The lowest BCUT2D eigenvalue weighted by molar-refractivity contribution is -0.132. The molecule has 2 rings (SSSR count). The maximum atomic E-state index is 12.2. The van der Waals surface area contributed by atoms with Gasteiger partial charge in [0.1, 0.15) is 0 Å². The van der Waals surface area contributed by atoms with Crippen molar-refractivity contribution in [1.29, 1.82) is 0 Å². The number of piperidine rings is 1. The highest BCUT2D eigenvalue weighted by Gasteiger charge is 2.23. The van der Waals surface area contributed by atoms with E-state index in [4.69, 9.17) is 0 Å². The Morgan fingerprint density at radius 3 is 2.40 bits per heavy atom. The smallest absolute Gasteiger partial charge is 0.319 e. The van der Waals surface area contributed by atoms with E-state index in [0.29, 0.717) is 6.42 Å². The molecule has 25 heavy (non-hydrogen) atoms. The first-order chi connectivity index (χ1) is 12.2. The van der Waals surface area contributed by atoms with E-state index in [9.17, 15) is 9.59 Å². The summed E-state index contributed by atoms with van der Waals surface area (Å²) in [6, 6.07) is 9.39. The zero-order valence-corrected chi connectivity index (χ0v) is 15.3. The van der Waals surface area contributed by atoms with Gasteiger partial charge in [0.2, 0.25) is 5.91 Å². The Labute approximate surface area is 151 Å². The second-order valence-electron chi connectivity index (χ2n) is 6.78. The number of rotatable bonds is 8. The number of carbonyl (C=O) groups is 2. The van der Waals surface area contributed by atoms with Crippen LogP contribution in [0.1, 0.15) is 58.3 Å². The van der Waals surface area contributed by atoms with Crippen molar-refractivity contribution in [3.8, 4) is 0 Å². The van der Waals surface area contributed by atoms with Crippen LogP contribution in [-0.2, 0) is 4.79 Å². The van der Waals surface area contributed by atoms with Crippen molar-refractivity contribution < 1.29 is 9.59 Å². The number of urea groups is 1. The van der Waals surface area contributed by atoms with Gasteiger partial charge in [0.25, 0.3) is 0 Å². The summed E-state index contributed by atoms with van der Waals surface area (Å²) in [4.78, 5) is 26.2. The molecule has 1 fully saturated rings. The van der Waals surface area contributed by atoms with Crippen LogP contribution in [0.3, 0.4) is 0 Å². The molecule has 1 aliphatic rings. The van der Waals surface area contributed by atoms with Crippen molar-refractivity contribution >= 4 is 17.6 Å². The predicted octanol–water partition coefficient (Wildman–Crippen LogP) is 4.16. The Morgan fingerprint density at radius 2 is 1.72 bits per heavy atom. The molecule has 5 nitrogen and oxygen atoms in total. The molecule has 1 aromatic rings. The molecular weight excluding hydrogens is 314 g/mol. The number of para-hydroxylation sites is 1. The van der Waals surface area contributed by atoms with Crippen molar-refractivity contribution in [2.45, 2.75) is 64.3 Å². The first-order valence-corrected chi connectivity index (χ1v) is 9.59. The molecular formula is C20H31N3O2. The van der Waals surface area contributed by atoms with Crippen LogP contribution in [0, 0.1) is 0 Å². The van der Waals surface area contributed by atoms with Crippen molar-refractivity contribution in [2.75, 3.05) is 18.4 Å². The average Bonchev–Trinajstić information content (AvgIpc) is 2.63. The number of nitrogens with zero attached hydrogens (tertiary/aromatic N) is 1. The Balaban J connectivity index is 1.62. The molecule has 1 heterocycles. The van der Waals surface area contributed by atoms with E-state index in [1.807, 2.05) is 35.2 Å². The lowest BCUT2D eigenvalue weighted by Crippen LogP contribution is -2.47. The van der Waals surface area contributed by atoms with Crippen molar-refractivity contribution in [1.82, 2.24) is 10.2 Å². The van der Waals surface area contributed by atoms with Gasteiger partial charge in [0.15, 0.2) is 0 Å². The van der Waals surface area contributed by atoms with Gasteiger partial charge in [-0.05, 0) is 31.4 Å². The molecule has 138 valence electrons. The van der Waals surface area contributed by atoms with Crippen LogP contribution in [0.15, 0.2) is 30.3 Å². The van der Waals surface area contributed by atoms with Crippen LogP contribution in [0.4, 0.5) is 10.5 Å². The van der Waals surface area contributed by atoms with E-state index in [1.165, 1.54) is 19.3 Å². The highest BCUT2D eigenvalue weighted by atomic mass is 16.2. The Morgan fingerprint density at radius 1 is 1.04 bits per heavy atom. The Kier molecular flexibility index (Phi) is 8.29. The Hall–Kier alpha value is -2.04. The third-order valence-electron chi connectivity index (χ3n) is 4.71. The third-order valence-corrected chi connectivity index (χ3v) is 4.71. The largest absolute Gasteiger partial charge is 0.343 e. The van der Waals surface area contributed by atoms with Crippen LogP contribution < -0.4 is 10.6 Å². The topological polar surface area (TPSA) is 61.4 Å². The minimum atomic E-state index is -0.174. The summed E-state index contributed by atoms with van der Waals surface area (Å²) < 4.78 is 0. The molecule has 0 atom stereocenters. The van der Waals surface area contributed by atoms with Crippen LogP contribution in [0.2, 0.25) is 0 Å². The Bertz CT molecular complexity index is 525. The monoisotopic (exact) mass is 345 g/mol. The summed E-state index contributed by atoms with van der Waals surface area (Å²) in [5.74, 6) is 0.267. The number of benzene rings is 1. The van der Waals surface area contributed by atoms with E-state index in [0.717, 1.165) is 44.5 Å². The molecule has 0 radical (unpaired) electrons. The SMILES string of the molecule is CCCCCCCC(=O)N1CCC(NC(=O)Nc2ccccc2)CC1. The van der Waals surface area contributed by atoms with Crippen LogP contribution in [0.25, 0.3) is 0 Å². The van der Waals surface area contributed by atoms with Crippen LogP contribution >= 0.6 is 0 Å². The van der Waals surface area contributed by atoms with Crippen LogP contribution in [0.5, 0.6) is 0 Å². The molecule has 5 heteroatoms. The molecule has 2 N–H and O–H groups in total. The minimum Gasteiger partial charge on any atom is -0.343 e. The van der Waals surface area contributed by atoms with E-state index in [1.54, 1.807) is 0 Å². The quantitative estimate of drug-likeness (QED) is 0.695. The molecule has 0 saturated carbocycles. The zero-order chi connectivity index (χ0) is 17.9. The fourth-order valence-corrected chi connectivity index (χ4v) is 3.19. The first-order valence-electron chi connectivity index (χ1n) is 9.59. The second kappa shape index (κ2) is 10.7. The molecule has 0 spiro atoms. The van der Waals surface area contributed by atoms with Gasteiger partial charge in [0, 0.05) is 31.2 Å². The number of hydrogen-bond acceptors (Lipinski definition) is 2. The van der Waals surface area contributed by atoms with Gasteiger partial charge in [-0.1, -0.05) is 50.8 Å². The molecule has 0 aromatic heterocycles.